The minimum atomic E-state index is 0.190. The summed E-state index contributed by atoms with van der Waals surface area (Å²) in [5, 5.41) is 0. The molecule has 1 aromatic heterocycles. The van der Waals surface area contributed by atoms with Gasteiger partial charge in [-0.15, -0.1) is 0 Å². The Morgan fingerprint density at radius 3 is 3.07 bits per heavy atom. The molecule has 2 rings (SSSR count). The van der Waals surface area contributed by atoms with Crippen molar-refractivity contribution in [2.75, 3.05) is 13.1 Å². The number of furan rings is 1. The quantitative estimate of drug-likeness (QED) is 0.503. The van der Waals surface area contributed by atoms with Crippen molar-refractivity contribution >= 4 is 24.2 Å². The maximum atomic E-state index is 5.46. The van der Waals surface area contributed by atoms with Crippen molar-refractivity contribution < 1.29 is 21.9 Å². The van der Waals surface area contributed by atoms with Gasteiger partial charge in [0, 0.05) is 0 Å². The van der Waals surface area contributed by atoms with Crippen LogP contribution >= 0.6 is 18.6 Å². The van der Waals surface area contributed by atoms with Crippen LogP contribution in [0.25, 0.3) is 5.57 Å². The van der Waals surface area contributed by atoms with Crippen LogP contribution in [0.2, 0.25) is 0 Å². The molecule has 0 spiro atoms. The summed E-state index contributed by atoms with van der Waals surface area (Å²) in [5.74, 6) is 1.06. The van der Waals surface area contributed by atoms with Crippen LogP contribution in [0.15, 0.2) is 28.4 Å². The van der Waals surface area contributed by atoms with Gasteiger partial charge < -0.3 is 0 Å². The van der Waals surface area contributed by atoms with Crippen molar-refractivity contribution in [1.29, 1.82) is 0 Å². The van der Waals surface area contributed by atoms with Gasteiger partial charge in [-0.25, -0.2) is 0 Å². The van der Waals surface area contributed by atoms with Gasteiger partial charge in [0.25, 0.3) is 0 Å². The maximum absolute atomic E-state index is 5.46. The molecule has 0 saturated heterocycles. The van der Waals surface area contributed by atoms with Gasteiger partial charge in [0.2, 0.25) is 0 Å². The van der Waals surface area contributed by atoms with Gasteiger partial charge in [-0.3, -0.25) is 0 Å². The molecule has 2 nitrogen and oxygen atoms in total. The topological polar surface area (TPSA) is 16.4 Å². The molecule has 0 aromatic carbocycles. The van der Waals surface area contributed by atoms with E-state index in [9.17, 15) is 0 Å². The van der Waals surface area contributed by atoms with Crippen LogP contribution in [0.5, 0.6) is 0 Å². The van der Waals surface area contributed by atoms with Crippen molar-refractivity contribution in [3.05, 3.63) is 29.7 Å². The molecule has 1 aromatic rings. The number of rotatable bonds is 2. The number of hydrogen-bond donors (Lipinski definition) is 0. The Morgan fingerprint density at radius 1 is 1.57 bits per heavy atom. The molecular formula is C10H12I2NO-. The second kappa shape index (κ2) is 4.98. The van der Waals surface area contributed by atoms with Crippen LogP contribution in [0.4, 0.5) is 0 Å². The zero-order valence-electron chi connectivity index (χ0n) is 7.96. The Bertz CT molecular complexity index is 332. The summed E-state index contributed by atoms with van der Waals surface area (Å²) in [6, 6.07) is 4.03. The molecule has 14 heavy (non-hydrogen) atoms. The van der Waals surface area contributed by atoms with Crippen molar-refractivity contribution in [3.8, 4) is 0 Å². The van der Waals surface area contributed by atoms with E-state index in [1.807, 2.05) is 6.07 Å². The van der Waals surface area contributed by atoms with Gasteiger partial charge in [-0.05, 0) is 0 Å². The Balaban J connectivity index is 2.24. The van der Waals surface area contributed by atoms with Crippen molar-refractivity contribution in [1.82, 2.24) is 3.11 Å². The Labute approximate surface area is 105 Å². The average molecular weight is 416 g/mol. The van der Waals surface area contributed by atoms with Crippen LogP contribution in [-0.4, -0.2) is 16.2 Å². The molecule has 0 unspecified atom stereocenters. The average Bonchev–Trinajstić information content (AvgIpc) is 2.71. The van der Waals surface area contributed by atoms with E-state index in [4.69, 9.17) is 4.42 Å². The first kappa shape index (κ1) is 10.9. The summed E-state index contributed by atoms with van der Waals surface area (Å²) in [5.41, 5.74) is 2.89. The Hall–Kier alpha value is 0.440. The fourth-order valence-electron chi connectivity index (χ4n) is 1.62. The van der Waals surface area contributed by atoms with Gasteiger partial charge >= 0.3 is 105 Å². The number of halogens is 2. The van der Waals surface area contributed by atoms with E-state index in [0.29, 0.717) is 0 Å². The summed E-state index contributed by atoms with van der Waals surface area (Å²) < 4.78 is 8.01. The van der Waals surface area contributed by atoms with Crippen molar-refractivity contribution in [2.24, 2.45) is 0 Å². The van der Waals surface area contributed by atoms with E-state index in [2.05, 4.69) is 34.7 Å². The van der Waals surface area contributed by atoms with E-state index in [0.717, 1.165) is 12.3 Å². The molecule has 0 N–H and O–H groups in total. The minimum absolute atomic E-state index is 0.190. The molecular weight excluding hydrogens is 404 g/mol. The van der Waals surface area contributed by atoms with Crippen molar-refractivity contribution in [3.63, 3.8) is 0 Å². The molecule has 0 atom stereocenters. The predicted octanol–water partition coefficient (Wildman–Crippen LogP) is 0.113. The number of nitrogens with zero attached hydrogens (tertiary/aromatic N) is 1. The van der Waals surface area contributed by atoms with E-state index in [-0.39, 0.29) is 17.5 Å². The van der Waals surface area contributed by atoms with Crippen LogP contribution < -0.4 is 17.5 Å². The van der Waals surface area contributed by atoms with Gasteiger partial charge in [0.15, 0.2) is 0 Å². The van der Waals surface area contributed by atoms with Gasteiger partial charge in [0.1, 0.15) is 0 Å². The van der Waals surface area contributed by atoms with Crippen molar-refractivity contribution in [2.45, 2.75) is 13.3 Å². The molecule has 0 radical (unpaired) electrons. The van der Waals surface area contributed by atoms with E-state index >= 15 is 0 Å². The third-order valence-corrected chi connectivity index (χ3v) is 7.28. The molecule has 0 aliphatic carbocycles. The summed E-state index contributed by atoms with van der Waals surface area (Å²) >= 11 is 2.71. The van der Waals surface area contributed by atoms with E-state index < -0.39 is 0 Å². The molecule has 0 saturated carbocycles. The first-order chi connectivity index (χ1) is 6.81. The van der Waals surface area contributed by atoms with Crippen LogP contribution in [-0.2, 0) is 0 Å². The monoisotopic (exact) mass is 416 g/mol. The standard InChI is InChI=1S/C10H12I2NO/c1-8-4-5-13(12-11)7-9(8)10-3-2-6-14-10/h2-3,6H,4-5,7H2,1H3/q-1. The van der Waals surface area contributed by atoms with Crippen LogP contribution in [0, 0.1) is 0 Å². The Morgan fingerprint density at radius 2 is 2.43 bits per heavy atom. The molecule has 0 amide bonds. The van der Waals surface area contributed by atoms with Crippen LogP contribution in [0.3, 0.4) is 0 Å². The summed E-state index contributed by atoms with van der Waals surface area (Å²) in [7, 11) is 0. The molecule has 2 heterocycles. The van der Waals surface area contributed by atoms with E-state index in [1.54, 1.807) is 6.26 Å². The zero-order valence-corrected chi connectivity index (χ0v) is 12.3. The first-order valence-electron chi connectivity index (χ1n) is 4.55. The summed E-state index contributed by atoms with van der Waals surface area (Å²) in [6.45, 7) is 4.53. The molecule has 0 fully saturated rings. The van der Waals surface area contributed by atoms with Crippen LogP contribution in [0.1, 0.15) is 19.1 Å². The molecule has 1 aliphatic rings. The fraction of sp³-hybridized carbons (Fsp3) is 0.400. The predicted molar refractivity (Wildman–Crippen MR) is 61.5 cm³/mol. The zero-order chi connectivity index (χ0) is 9.97. The third-order valence-electron chi connectivity index (χ3n) is 2.48. The van der Waals surface area contributed by atoms with Gasteiger partial charge in [0.05, 0.1) is 0 Å². The molecule has 78 valence electrons. The molecule has 4 heteroatoms. The first-order valence-corrected chi connectivity index (χ1v) is 11.8. The number of hydrogen-bond acceptors (Lipinski definition) is 2. The second-order valence-corrected chi connectivity index (χ2v) is 7.57. The summed E-state index contributed by atoms with van der Waals surface area (Å²) in [4.78, 5) is 0. The SMILES string of the molecule is CC1=C(c2ccco2)CN([I-]I)CC1. The fourth-order valence-corrected chi connectivity index (χ4v) is 4.60. The van der Waals surface area contributed by atoms with Gasteiger partial charge in [-0.1, -0.05) is 0 Å². The summed E-state index contributed by atoms with van der Waals surface area (Å²) in [6.07, 6.45) is 2.95. The van der Waals surface area contributed by atoms with E-state index in [1.165, 1.54) is 24.1 Å². The van der Waals surface area contributed by atoms with Gasteiger partial charge in [-0.2, -0.15) is 0 Å². The second-order valence-electron chi connectivity index (χ2n) is 3.39. The molecule has 0 bridgehead atoms. The normalized spacial score (nSPS) is 19.3. The third kappa shape index (κ3) is 2.33. The Kier molecular flexibility index (Phi) is 3.89. The molecule has 1 aliphatic heterocycles.